The molecule has 2 aromatic carbocycles. The molecule has 0 aliphatic carbocycles. The fraction of sp³-hybridized carbons (Fsp3) is 0.364. The van der Waals surface area contributed by atoms with Gasteiger partial charge >= 0.3 is 5.97 Å². The molecule has 1 fully saturated rings. The second kappa shape index (κ2) is 9.92. The van der Waals surface area contributed by atoms with Crippen LogP contribution in [0.5, 0.6) is 0 Å². The molecule has 1 amide bonds. The molecule has 33 heavy (non-hydrogen) atoms. The second-order valence-corrected chi connectivity index (χ2v) is 9.81. The van der Waals surface area contributed by atoms with Gasteiger partial charge in [-0.3, -0.25) is 4.79 Å². The minimum absolute atomic E-state index is 0.000117. The molecule has 7 nitrogen and oxygen atoms in total. The van der Waals surface area contributed by atoms with Crippen LogP contribution in [0.2, 0.25) is 0 Å². The zero-order chi connectivity index (χ0) is 24.3. The lowest BCUT2D eigenvalue weighted by Crippen LogP contribution is -2.37. The number of halogens is 3. The van der Waals surface area contributed by atoms with Gasteiger partial charge in [0, 0.05) is 13.1 Å². The number of ether oxygens (including phenoxy) is 1. The highest BCUT2D eigenvalue weighted by Gasteiger charge is 2.28. The molecule has 0 bridgehead atoms. The van der Waals surface area contributed by atoms with Crippen molar-refractivity contribution in [3.63, 3.8) is 0 Å². The largest absolute Gasteiger partial charge is 0.449 e. The summed E-state index contributed by atoms with van der Waals surface area (Å²) in [5.74, 6) is -6.16. The van der Waals surface area contributed by atoms with Gasteiger partial charge in [0.15, 0.2) is 23.6 Å². The number of hydrogen-bond acceptors (Lipinski definition) is 5. The number of piperidine rings is 1. The smallest absolute Gasteiger partial charge is 0.338 e. The molecular weight excluding hydrogens is 461 g/mol. The van der Waals surface area contributed by atoms with Gasteiger partial charge in [-0.15, -0.1) is 0 Å². The third kappa shape index (κ3) is 5.53. The summed E-state index contributed by atoms with van der Waals surface area (Å²) in [5.41, 5.74) is -0.608. The lowest BCUT2D eigenvalue weighted by atomic mass is 10.0. The van der Waals surface area contributed by atoms with Crippen molar-refractivity contribution >= 4 is 27.6 Å². The van der Waals surface area contributed by atoms with E-state index in [2.05, 4.69) is 6.92 Å². The molecule has 2 aromatic rings. The van der Waals surface area contributed by atoms with Crippen LogP contribution in [-0.2, 0) is 19.6 Å². The third-order valence-corrected chi connectivity index (χ3v) is 7.33. The van der Waals surface area contributed by atoms with Crippen LogP contribution in [-0.4, -0.2) is 43.8 Å². The van der Waals surface area contributed by atoms with Gasteiger partial charge in [-0.05, 0) is 62.1 Å². The van der Waals surface area contributed by atoms with Crippen molar-refractivity contribution in [2.75, 3.05) is 18.4 Å². The maximum atomic E-state index is 13.7. The molecule has 1 atom stereocenters. The average molecular weight is 484 g/mol. The normalized spacial score (nSPS) is 16.3. The predicted octanol–water partition coefficient (Wildman–Crippen LogP) is 3.71. The third-order valence-electron chi connectivity index (χ3n) is 5.42. The van der Waals surface area contributed by atoms with E-state index in [0.717, 1.165) is 18.9 Å². The minimum Gasteiger partial charge on any atom is -0.449 e. The number of anilines is 1. The van der Waals surface area contributed by atoms with Crippen LogP contribution < -0.4 is 5.32 Å². The Bertz CT molecular complexity index is 1150. The lowest BCUT2D eigenvalue weighted by Gasteiger charge is -2.29. The number of amides is 1. The van der Waals surface area contributed by atoms with Crippen molar-refractivity contribution in [2.45, 2.75) is 37.7 Å². The van der Waals surface area contributed by atoms with Crippen molar-refractivity contribution < 1.29 is 35.9 Å². The summed E-state index contributed by atoms with van der Waals surface area (Å²) >= 11 is 0. The molecule has 1 saturated heterocycles. The highest BCUT2D eigenvalue weighted by molar-refractivity contribution is 7.89. The molecular formula is C22H23F3N2O5S. The van der Waals surface area contributed by atoms with Gasteiger partial charge in [0.2, 0.25) is 10.0 Å². The first-order valence-corrected chi connectivity index (χ1v) is 11.7. The van der Waals surface area contributed by atoms with Crippen molar-refractivity contribution in [1.82, 2.24) is 4.31 Å². The van der Waals surface area contributed by atoms with E-state index in [1.165, 1.54) is 35.5 Å². The Hall–Kier alpha value is -2.92. The standard InChI is InChI=1S/C22H23F3N2O5S/c1-13-9-11-27(12-10-13)33(30,31)16-5-3-15(4-6-16)22(29)32-14(2)21(28)26-18-8-7-17(23)19(24)20(18)25/h3-8,13-14H,9-12H2,1-2H3,(H,26,28). The van der Waals surface area contributed by atoms with Gasteiger partial charge in [0.25, 0.3) is 5.91 Å². The van der Waals surface area contributed by atoms with Gasteiger partial charge in [-0.2, -0.15) is 4.31 Å². The first kappa shape index (κ1) is 24.7. The number of benzene rings is 2. The van der Waals surface area contributed by atoms with Crippen LogP contribution in [0.3, 0.4) is 0 Å². The number of carbonyl (C=O) groups excluding carboxylic acids is 2. The van der Waals surface area contributed by atoms with Crippen LogP contribution in [0.4, 0.5) is 18.9 Å². The number of carbonyl (C=O) groups is 2. The van der Waals surface area contributed by atoms with Crippen LogP contribution in [0.1, 0.15) is 37.0 Å². The first-order valence-electron chi connectivity index (χ1n) is 10.3. The molecule has 0 radical (unpaired) electrons. The molecule has 0 saturated carbocycles. The zero-order valence-electron chi connectivity index (χ0n) is 18.0. The van der Waals surface area contributed by atoms with E-state index < -0.39 is 51.1 Å². The highest BCUT2D eigenvalue weighted by Crippen LogP contribution is 2.24. The van der Waals surface area contributed by atoms with Gasteiger partial charge in [-0.25, -0.2) is 26.4 Å². The Morgan fingerprint density at radius 1 is 1.03 bits per heavy atom. The zero-order valence-corrected chi connectivity index (χ0v) is 18.8. The fourth-order valence-corrected chi connectivity index (χ4v) is 4.75. The predicted molar refractivity (Wildman–Crippen MR) is 113 cm³/mol. The monoisotopic (exact) mass is 484 g/mol. The van der Waals surface area contributed by atoms with Crippen molar-refractivity contribution in [2.24, 2.45) is 5.92 Å². The Balaban J connectivity index is 1.63. The topological polar surface area (TPSA) is 92.8 Å². The number of sulfonamides is 1. The van der Waals surface area contributed by atoms with Crippen LogP contribution >= 0.6 is 0 Å². The fourth-order valence-electron chi connectivity index (χ4n) is 3.28. The summed E-state index contributed by atoms with van der Waals surface area (Å²) in [6.07, 6.45) is 0.152. The molecule has 11 heteroatoms. The summed E-state index contributed by atoms with van der Waals surface area (Å²) in [6, 6.07) is 6.58. The molecule has 178 valence electrons. The number of nitrogens with zero attached hydrogens (tertiary/aromatic N) is 1. The molecule has 1 N–H and O–H groups in total. The van der Waals surface area contributed by atoms with Gasteiger partial charge in [-0.1, -0.05) is 6.92 Å². The molecule has 1 unspecified atom stereocenters. The Morgan fingerprint density at radius 2 is 1.64 bits per heavy atom. The number of hydrogen-bond donors (Lipinski definition) is 1. The summed E-state index contributed by atoms with van der Waals surface area (Å²) in [7, 11) is -3.69. The molecule has 1 heterocycles. The molecule has 3 rings (SSSR count). The quantitative estimate of drug-likeness (QED) is 0.499. The summed E-state index contributed by atoms with van der Waals surface area (Å²) in [6.45, 7) is 4.14. The summed E-state index contributed by atoms with van der Waals surface area (Å²) in [5, 5.41) is 2.02. The molecule has 1 aliphatic heterocycles. The van der Waals surface area contributed by atoms with Gasteiger partial charge < -0.3 is 10.1 Å². The van der Waals surface area contributed by atoms with Crippen molar-refractivity contribution in [3.8, 4) is 0 Å². The number of esters is 1. The van der Waals surface area contributed by atoms with Crippen molar-refractivity contribution in [3.05, 3.63) is 59.4 Å². The van der Waals surface area contributed by atoms with E-state index in [-0.39, 0.29) is 10.5 Å². The lowest BCUT2D eigenvalue weighted by molar-refractivity contribution is -0.123. The number of rotatable bonds is 6. The SMILES string of the molecule is CC1CCN(S(=O)(=O)c2ccc(C(=O)OC(C)C(=O)Nc3ccc(F)c(F)c3F)cc2)CC1. The molecule has 0 aromatic heterocycles. The van der Waals surface area contributed by atoms with Gasteiger partial charge in [0.1, 0.15) is 0 Å². The van der Waals surface area contributed by atoms with E-state index in [1.807, 2.05) is 5.32 Å². The maximum Gasteiger partial charge on any atom is 0.338 e. The average Bonchev–Trinajstić information content (AvgIpc) is 2.79. The molecule has 1 aliphatic rings. The van der Waals surface area contributed by atoms with E-state index >= 15 is 0 Å². The van der Waals surface area contributed by atoms with E-state index in [9.17, 15) is 31.2 Å². The van der Waals surface area contributed by atoms with Gasteiger partial charge in [0.05, 0.1) is 16.1 Å². The Morgan fingerprint density at radius 3 is 2.24 bits per heavy atom. The molecule has 0 spiro atoms. The number of nitrogens with one attached hydrogen (secondary N) is 1. The van der Waals surface area contributed by atoms with E-state index in [0.29, 0.717) is 25.1 Å². The van der Waals surface area contributed by atoms with Crippen molar-refractivity contribution in [1.29, 1.82) is 0 Å². The van der Waals surface area contributed by atoms with Crippen LogP contribution in [0.15, 0.2) is 41.3 Å². The van der Waals surface area contributed by atoms with Crippen LogP contribution in [0, 0.1) is 23.4 Å². The maximum absolute atomic E-state index is 13.7. The summed E-state index contributed by atoms with van der Waals surface area (Å²) in [4.78, 5) is 24.5. The van der Waals surface area contributed by atoms with Crippen LogP contribution in [0.25, 0.3) is 0 Å². The Kier molecular flexibility index (Phi) is 7.43. The summed E-state index contributed by atoms with van der Waals surface area (Å²) < 4.78 is 72.0. The van der Waals surface area contributed by atoms with E-state index in [1.54, 1.807) is 0 Å². The first-order chi connectivity index (χ1) is 15.5. The minimum atomic E-state index is -3.69. The van der Waals surface area contributed by atoms with E-state index in [4.69, 9.17) is 4.74 Å². The highest BCUT2D eigenvalue weighted by atomic mass is 32.2. The second-order valence-electron chi connectivity index (χ2n) is 7.87. The Labute approximate surface area is 189 Å².